The van der Waals surface area contributed by atoms with E-state index in [1.807, 2.05) is 4.90 Å². The minimum atomic E-state index is -0.524. The number of nitrogens with zero attached hydrogens (tertiary/aromatic N) is 1. The van der Waals surface area contributed by atoms with Crippen molar-refractivity contribution in [1.29, 1.82) is 0 Å². The fourth-order valence-corrected chi connectivity index (χ4v) is 3.25. The molecule has 1 saturated heterocycles. The Morgan fingerprint density at radius 3 is 2.28 bits per heavy atom. The summed E-state index contributed by atoms with van der Waals surface area (Å²) in [6.07, 6.45) is 2.09. The first-order valence-corrected chi connectivity index (χ1v) is 9.59. The molecule has 8 heteroatoms. The summed E-state index contributed by atoms with van der Waals surface area (Å²) in [5.41, 5.74) is 1.82. The van der Waals surface area contributed by atoms with Crippen LogP contribution in [0.4, 0.5) is 5.69 Å². The van der Waals surface area contributed by atoms with E-state index >= 15 is 0 Å². The quantitative estimate of drug-likeness (QED) is 0.594. The zero-order chi connectivity index (χ0) is 20.8. The molecule has 1 aliphatic heterocycles. The molecular formula is C21H21N3O4S. The molecule has 2 amide bonds. The first-order chi connectivity index (χ1) is 14.0. The summed E-state index contributed by atoms with van der Waals surface area (Å²) in [6, 6.07) is 13.1. The number of thiocarbonyl (C=S) groups is 1. The van der Waals surface area contributed by atoms with E-state index in [2.05, 4.69) is 15.4 Å². The first kappa shape index (κ1) is 20.5. The molecule has 0 aromatic heterocycles. The number of hydrogen-bond donors (Lipinski definition) is 2. The maximum Gasteiger partial charge on any atom is 0.337 e. The highest BCUT2D eigenvalue weighted by Gasteiger charge is 2.19. The van der Waals surface area contributed by atoms with Gasteiger partial charge < -0.3 is 15.0 Å². The van der Waals surface area contributed by atoms with Crippen molar-refractivity contribution in [2.45, 2.75) is 12.8 Å². The highest BCUT2D eigenvalue weighted by molar-refractivity contribution is 7.80. The number of benzene rings is 2. The van der Waals surface area contributed by atoms with Gasteiger partial charge in [-0.3, -0.25) is 14.9 Å². The fourth-order valence-electron chi connectivity index (χ4n) is 3.04. The van der Waals surface area contributed by atoms with E-state index in [1.165, 1.54) is 13.2 Å². The van der Waals surface area contributed by atoms with Gasteiger partial charge in [-0.2, -0.15) is 0 Å². The van der Waals surface area contributed by atoms with E-state index in [9.17, 15) is 14.4 Å². The Morgan fingerprint density at radius 2 is 1.62 bits per heavy atom. The Labute approximate surface area is 174 Å². The topological polar surface area (TPSA) is 87.7 Å². The second-order valence-electron chi connectivity index (χ2n) is 6.56. The molecule has 29 heavy (non-hydrogen) atoms. The third-order valence-electron chi connectivity index (χ3n) is 4.56. The molecule has 0 aliphatic carbocycles. The molecule has 2 N–H and O–H groups in total. The predicted molar refractivity (Wildman–Crippen MR) is 113 cm³/mol. The largest absolute Gasteiger partial charge is 0.465 e. The average molecular weight is 411 g/mol. The summed E-state index contributed by atoms with van der Waals surface area (Å²) in [4.78, 5) is 38.2. The monoisotopic (exact) mass is 411 g/mol. The Morgan fingerprint density at radius 1 is 0.966 bits per heavy atom. The number of methoxy groups -OCH3 is 1. The Bertz CT molecular complexity index is 937. The van der Waals surface area contributed by atoms with E-state index < -0.39 is 11.9 Å². The van der Waals surface area contributed by atoms with Crippen LogP contribution in [0.25, 0.3) is 0 Å². The van der Waals surface area contributed by atoms with Crippen LogP contribution in [0.5, 0.6) is 0 Å². The summed E-state index contributed by atoms with van der Waals surface area (Å²) < 4.78 is 4.65. The zero-order valence-corrected chi connectivity index (χ0v) is 16.8. The number of carbonyl (C=O) groups excluding carboxylic acids is 3. The molecule has 0 radical (unpaired) electrons. The van der Waals surface area contributed by atoms with Crippen molar-refractivity contribution in [2.24, 2.45) is 0 Å². The van der Waals surface area contributed by atoms with Gasteiger partial charge in [0, 0.05) is 29.9 Å². The van der Waals surface area contributed by atoms with Crippen LogP contribution in [0, 0.1) is 0 Å². The molecule has 2 aromatic rings. The lowest BCUT2D eigenvalue weighted by molar-refractivity contribution is 0.0600. The smallest absolute Gasteiger partial charge is 0.337 e. The first-order valence-electron chi connectivity index (χ1n) is 9.18. The predicted octanol–water partition coefficient (Wildman–Crippen LogP) is 2.84. The number of carbonyl (C=O) groups is 3. The fraction of sp³-hybridized carbons (Fsp3) is 0.238. The second-order valence-corrected chi connectivity index (χ2v) is 6.97. The number of amides is 2. The number of esters is 1. The van der Waals surface area contributed by atoms with Gasteiger partial charge in [0.15, 0.2) is 5.11 Å². The zero-order valence-electron chi connectivity index (χ0n) is 15.9. The molecule has 0 saturated carbocycles. The normalized spacial score (nSPS) is 12.9. The van der Waals surface area contributed by atoms with Crippen molar-refractivity contribution < 1.29 is 19.1 Å². The SMILES string of the molecule is COC(=O)c1cccc(C(=O)NC(=S)Nc2ccc(C(=O)N3CCCC3)cc2)c1. The van der Waals surface area contributed by atoms with Gasteiger partial charge in [-0.25, -0.2) is 4.79 Å². The maximum atomic E-state index is 12.4. The van der Waals surface area contributed by atoms with Crippen LogP contribution in [0.1, 0.15) is 43.9 Å². The third kappa shape index (κ3) is 5.17. The summed E-state index contributed by atoms with van der Waals surface area (Å²) in [5, 5.41) is 5.58. The van der Waals surface area contributed by atoms with E-state index in [0.29, 0.717) is 11.3 Å². The van der Waals surface area contributed by atoms with E-state index in [1.54, 1.807) is 42.5 Å². The van der Waals surface area contributed by atoms with Gasteiger partial charge in [0.05, 0.1) is 12.7 Å². The molecule has 2 aromatic carbocycles. The molecule has 0 bridgehead atoms. The van der Waals surface area contributed by atoms with Crippen molar-refractivity contribution >= 4 is 40.8 Å². The van der Waals surface area contributed by atoms with Crippen molar-refractivity contribution in [1.82, 2.24) is 10.2 Å². The number of ether oxygens (including phenoxy) is 1. The second kappa shape index (κ2) is 9.29. The van der Waals surface area contributed by atoms with E-state index in [-0.39, 0.29) is 22.1 Å². The van der Waals surface area contributed by atoms with E-state index in [0.717, 1.165) is 25.9 Å². The van der Waals surface area contributed by atoms with Gasteiger partial charge in [-0.15, -0.1) is 0 Å². The number of rotatable bonds is 4. The minimum Gasteiger partial charge on any atom is -0.465 e. The number of nitrogens with one attached hydrogen (secondary N) is 2. The van der Waals surface area contributed by atoms with Crippen molar-refractivity contribution in [3.63, 3.8) is 0 Å². The van der Waals surface area contributed by atoms with Crippen LogP contribution in [0.2, 0.25) is 0 Å². The summed E-state index contributed by atoms with van der Waals surface area (Å²) in [5.74, 6) is -0.951. The highest BCUT2D eigenvalue weighted by Crippen LogP contribution is 2.15. The van der Waals surface area contributed by atoms with Gasteiger partial charge in [0.25, 0.3) is 11.8 Å². The van der Waals surface area contributed by atoms with Crippen LogP contribution in [-0.4, -0.2) is 48.0 Å². The van der Waals surface area contributed by atoms with Crippen LogP contribution >= 0.6 is 12.2 Å². The maximum absolute atomic E-state index is 12.4. The Balaban J connectivity index is 1.58. The third-order valence-corrected chi connectivity index (χ3v) is 4.76. The number of hydrogen-bond acceptors (Lipinski definition) is 5. The van der Waals surface area contributed by atoms with Crippen LogP contribution in [0.15, 0.2) is 48.5 Å². The highest BCUT2D eigenvalue weighted by atomic mass is 32.1. The minimum absolute atomic E-state index is 0.0235. The lowest BCUT2D eigenvalue weighted by Crippen LogP contribution is -2.34. The lowest BCUT2D eigenvalue weighted by Gasteiger charge is -2.15. The summed E-state index contributed by atoms with van der Waals surface area (Å²) in [6.45, 7) is 1.60. The molecular weight excluding hydrogens is 390 g/mol. The van der Waals surface area contributed by atoms with Gasteiger partial charge in [0.2, 0.25) is 0 Å². The molecule has 0 spiro atoms. The number of anilines is 1. The van der Waals surface area contributed by atoms with Gasteiger partial charge in [-0.05, 0) is 67.5 Å². The Kier molecular flexibility index (Phi) is 6.56. The van der Waals surface area contributed by atoms with Crippen LogP contribution in [-0.2, 0) is 4.74 Å². The molecule has 3 rings (SSSR count). The molecule has 0 unspecified atom stereocenters. The molecule has 1 aliphatic rings. The van der Waals surface area contributed by atoms with Crippen LogP contribution in [0.3, 0.4) is 0 Å². The van der Waals surface area contributed by atoms with E-state index in [4.69, 9.17) is 12.2 Å². The molecule has 1 fully saturated rings. The molecule has 1 heterocycles. The summed E-state index contributed by atoms with van der Waals surface area (Å²) in [7, 11) is 1.28. The average Bonchev–Trinajstić information content (AvgIpc) is 3.28. The van der Waals surface area contributed by atoms with Gasteiger partial charge in [-0.1, -0.05) is 6.07 Å². The van der Waals surface area contributed by atoms with Crippen molar-refractivity contribution in [3.05, 3.63) is 65.2 Å². The van der Waals surface area contributed by atoms with Gasteiger partial charge in [0.1, 0.15) is 0 Å². The lowest BCUT2D eigenvalue weighted by atomic mass is 10.1. The standard InChI is InChI=1S/C21H21N3O4S/c1-28-20(27)16-6-4-5-15(13-16)18(25)23-21(29)22-17-9-7-14(8-10-17)19(26)24-11-2-3-12-24/h4-10,13H,2-3,11-12H2,1H3,(H2,22,23,25,29). The van der Waals surface area contributed by atoms with Crippen molar-refractivity contribution in [2.75, 3.05) is 25.5 Å². The van der Waals surface area contributed by atoms with Gasteiger partial charge >= 0.3 is 5.97 Å². The van der Waals surface area contributed by atoms with Crippen molar-refractivity contribution in [3.8, 4) is 0 Å². The summed E-state index contributed by atoms with van der Waals surface area (Å²) >= 11 is 5.18. The molecule has 7 nitrogen and oxygen atoms in total. The Hall–Kier alpha value is -3.26. The van der Waals surface area contributed by atoms with Crippen LogP contribution < -0.4 is 10.6 Å². The number of likely N-dealkylation sites (tertiary alicyclic amines) is 1. The molecule has 150 valence electrons. The molecule has 0 atom stereocenters.